The summed E-state index contributed by atoms with van der Waals surface area (Å²) in [5.41, 5.74) is 1.05. The molecule has 0 heterocycles. The van der Waals surface area contributed by atoms with Crippen LogP contribution in [-0.4, -0.2) is 14.5 Å². The molecule has 1 aromatic carbocycles. The molecule has 0 radical (unpaired) electrons. The number of hydrogen-bond donors (Lipinski definition) is 0. The van der Waals surface area contributed by atoms with E-state index in [-0.39, 0.29) is 11.0 Å². The van der Waals surface area contributed by atoms with Crippen molar-refractivity contribution in [3.05, 3.63) is 29.8 Å². The number of aryl methyl sites for hydroxylation is 1. The Kier molecular flexibility index (Phi) is 3.87. The summed E-state index contributed by atoms with van der Waals surface area (Å²) >= 11 is 0. The molecule has 0 spiro atoms. The van der Waals surface area contributed by atoms with Gasteiger partial charge in [-0.25, -0.2) is 0 Å². The van der Waals surface area contributed by atoms with Gasteiger partial charge in [-0.3, -0.25) is 4.18 Å². The molecule has 1 unspecified atom stereocenters. The average Bonchev–Trinajstić information content (AvgIpc) is 2.38. The van der Waals surface area contributed by atoms with Gasteiger partial charge in [0.1, 0.15) is 0 Å². The van der Waals surface area contributed by atoms with Crippen molar-refractivity contribution in [2.75, 3.05) is 0 Å². The predicted octanol–water partition coefficient (Wildman–Crippen LogP) is 3.67. The molecule has 0 aliphatic heterocycles. The van der Waals surface area contributed by atoms with E-state index in [0.717, 1.165) is 18.4 Å². The lowest BCUT2D eigenvalue weighted by Gasteiger charge is -2.38. The van der Waals surface area contributed by atoms with Gasteiger partial charge in [0.2, 0.25) is 0 Å². The molecule has 1 aromatic rings. The van der Waals surface area contributed by atoms with E-state index in [4.69, 9.17) is 4.18 Å². The Morgan fingerprint density at radius 2 is 1.60 bits per heavy atom. The van der Waals surface area contributed by atoms with Crippen LogP contribution in [0.3, 0.4) is 0 Å². The summed E-state index contributed by atoms with van der Waals surface area (Å²) < 4.78 is 30.1. The highest BCUT2D eigenvalue weighted by Gasteiger charge is 2.34. The maximum absolute atomic E-state index is 12.3. The number of hydrogen-bond acceptors (Lipinski definition) is 3. The molecule has 2 bridgehead atoms. The summed E-state index contributed by atoms with van der Waals surface area (Å²) in [5.74, 6) is 1.33. The average molecular weight is 294 g/mol. The van der Waals surface area contributed by atoms with Crippen molar-refractivity contribution in [3.8, 4) is 0 Å². The smallest absolute Gasteiger partial charge is 0.263 e. The van der Waals surface area contributed by atoms with Crippen molar-refractivity contribution in [1.82, 2.24) is 0 Å². The molecular weight excluding hydrogens is 272 g/mol. The molecule has 2 aliphatic rings. The fourth-order valence-electron chi connectivity index (χ4n) is 3.69. The molecule has 4 heteroatoms. The topological polar surface area (TPSA) is 43.4 Å². The standard InChI is InChI=1S/C16H22O3S/c1-12-5-7-16(8-6-12)20(17,18)19-15-10-13-3-2-4-14(9-13)11-15/h5-8,13-15H,2-4,9-11H2,1H3/t13-,14+,15?. The molecule has 0 aromatic heterocycles. The van der Waals surface area contributed by atoms with E-state index in [1.54, 1.807) is 12.1 Å². The van der Waals surface area contributed by atoms with Gasteiger partial charge in [0.15, 0.2) is 0 Å². The molecule has 2 fully saturated rings. The van der Waals surface area contributed by atoms with Crippen molar-refractivity contribution in [2.45, 2.75) is 56.4 Å². The molecule has 2 aliphatic carbocycles. The maximum Gasteiger partial charge on any atom is 0.297 e. The first-order chi connectivity index (χ1) is 9.53. The molecule has 0 N–H and O–H groups in total. The van der Waals surface area contributed by atoms with Crippen LogP contribution >= 0.6 is 0 Å². The van der Waals surface area contributed by atoms with Crippen LogP contribution in [-0.2, 0) is 14.3 Å². The number of fused-ring (bicyclic) bond motifs is 2. The summed E-state index contributed by atoms with van der Waals surface area (Å²) in [5, 5.41) is 0. The quantitative estimate of drug-likeness (QED) is 0.799. The first-order valence-electron chi connectivity index (χ1n) is 7.53. The lowest BCUT2D eigenvalue weighted by Crippen LogP contribution is -2.33. The van der Waals surface area contributed by atoms with Crippen molar-refractivity contribution in [2.24, 2.45) is 11.8 Å². The summed E-state index contributed by atoms with van der Waals surface area (Å²) in [6.07, 6.45) is 6.73. The zero-order valence-corrected chi connectivity index (χ0v) is 12.7. The van der Waals surface area contributed by atoms with Crippen molar-refractivity contribution < 1.29 is 12.6 Å². The van der Waals surface area contributed by atoms with Gasteiger partial charge >= 0.3 is 0 Å². The van der Waals surface area contributed by atoms with Crippen LogP contribution in [0, 0.1) is 18.8 Å². The second-order valence-corrected chi connectivity index (χ2v) is 7.93. The van der Waals surface area contributed by atoms with Crippen LogP contribution in [0.2, 0.25) is 0 Å². The number of rotatable bonds is 3. The molecule has 3 nitrogen and oxygen atoms in total. The highest BCUT2D eigenvalue weighted by molar-refractivity contribution is 7.86. The van der Waals surface area contributed by atoms with E-state index in [2.05, 4.69) is 0 Å². The van der Waals surface area contributed by atoms with Gasteiger partial charge in [0.25, 0.3) is 10.1 Å². The third-order valence-electron chi connectivity index (χ3n) is 4.66. The highest BCUT2D eigenvalue weighted by Crippen LogP contribution is 2.41. The Morgan fingerprint density at radius 1 is 1.00 bits per heavy atom. The van der Waals surface area contributed by atoms with Gasteiger partial charge in [-0.2, -0.15) is 8.42 Å². The Balaban J connectivity index is 1.71. The van der Waals surface area contributed by atoms with E-state index in [1.165, 1.54) is 25.7 Å². The Bertz CT molecular complexity index is 550. The largest absolute Gasteiger partial charge is 0.297 e. The van der Waals surface area contributed by atoms with Gasteiger partial charge in [0, 0.05) is 0 Å². The predicted molar refractivity (Wildman–Crippen MR) is 77.9 cm³/mol. The van der Waals surface area contributed by atoms with Crippen LogP contribution in [0.15, 0.2) is 29.2 Å². The van der Waals surface area contributed by atoms with Crippen LogP contribution in [0.4, 0.5) is 0 Å². The zero-order chi connectivity index (χ0) is 14.2. The molecule has 0 saturated heterocycles. The maximum atomic E-state index is 12.3. The third-order valence-corrected chi connectivity index (χ3v) is 6.03. The summed E-state index contributed by atoms with van der Waals surface area (Å²) in [7, 11) is -3.61. The summed E-state index contributed by atoms with van der Waals surface area (Å²) in [6, 6.07) is 6.89. The van der Waals surface area contributed by atoms with E-state index >= 15 is 0 Å². The van der Waals surface area contributed by atoms with Crippen LogP contribution in [0.1, 0.15) is 44.1 Å². The van der Waals surface area contributed by atoms with Gasteiger partial charge in [-0.15, -0.1) is 0 Å². The minimum atomic E-state index is -3.61. The second-order valence-electron chi connectivity index (χ2n) is 6.36. The lowest BCUT2D eigenvalue weighted by atomic mass is 9.71. The van der Waals surface area contributed by atoms with Crippen molar-refractivity contribution in [3.63, 3.8) is 0 Å². The molecular formula is C16H22O3S. The monoisotopic (exact) mass is 294 g/mol. The second kappa shape index (κ2) is 5.49. The Morgan fingerprint density at radius 3 is 2.20 bits per heavy atom. The fraction of sp³-hybridized carbons (Fsp3) is 0.625. The van der Waals surface area contributed by atoms with Crippen molar-refractivity contribution >= 4 is 10.1 Å². The molecule has 3 atom stereocenters. The first kappa shape index (κ1) is 14.1. The Hall–Kier alpha value is -0.870. The third kappa shape index (κ3) is 3.07. The van der Waals surface area contributed by atoms with Gasteiger partial charge in [-0.1, -0.05) is 37.0 Å². The van der Waals surface area contributed by atoms with Crippen molar-refractivity contribution in [1.29, 1.82) is 0 Å². The van der Waals surface area contributed by atoms with Crippen LogP contribution in [0.25, 0.3) is 0 Å². The normalized spacial score (nSPS) is 30.1. The van der Waals surface area contributed by atoms with Gasteiger partial charge < -0.3 is 0 Å². The molecule has 20 heavy (non-hydrogen) atoms. The van der Waals surface area contributed by atoms with E-state index in [9.17, 15) is 8.42 Å². The van der Waals surface area contributed by atoms with Crippen LogP contribution in [0.5, 0.6) is 0 Å². The summed E-state index contributed by atoms with van der Waals surface area (Å²) in [6.45, 7) is 1.94. The van der Waals surface area contributed by atoms with Crippen LogP contribution < -0.4 is 0 Å². The fourth-order valence-corrected chi connectivity index (χ4v) is 4.78. The number of benzene rings is 1. The highest BCUT2D eigenvalue weighted by atomic mass is 32.2. The lowest BCUT2D eigenvalue weighted by molar-refractivity contribution is 0.0668. The van der Waals surface area contributed by atoms with E-state index < -0.39 is 10.1 Å². The van der Waals surface area contributed by atoms with E-state index in [0.29, 0.717) is 11.8 Å². The SMILES string of the molecule is Cc1ccc(S(=O)(=O)OC2C[C@H]3CCC[C@@H](C2)C3)cc1. The first-order valence-corrected chi connectivity index (χ1v) is 8.94. The summed E-state index contributed by atoms with van der Waals surface area (Å²) in [4.78, 5) is 0.277. The van der Waals surface area contributed by atoms with E-state index in [1.807, 2.05) is 19.1 Å². The van der Waals surface area contributed by atoms with Gasteiger partial charge in [0.05, 0.1) is 11.0 Å². The minimum absolute atomic E-state index is 0.120. The molecule has 3 rings (SSSR count). The zero-order valence-electron chi connectivity index (χ0n) is 11.9. The molecule has 110 valence electrons. The minimum Gasteiger partial charge on any atom is -0.263 e. The molecule has 2 saturated carbocycles. The molecule has 0 amide bonds. The van der Waals surface area contributed by atoms with Gasteiger partial charge in [-0.05, 0) is 50.2 Å². The Labute approximate surface area is 121 Å².